The molecule has 0 spiro atoms. The molecule has 0 atom stereocenters. The zero-order valence-electron chi connectivity index (χ0n) is 13.4. The highest BCUT2D eigenvalue weighted by molar-refractivity contribution is 5.55. The highest BCUT2D eigenvalue weighted by Gasteiger charge is 2.06. The molecule has 0 aliphatic rings. The molecule has 0 amide bonds. The monoisotopic (exact) mass is 308 g/mol. The summed E-state index contributed by atoms with van der Waals surface area (Å²) in [6.07, 6.45) is 2.17. The van der Waals surface area contributed by atoms with Crippen LogP contribution < -0.4 is 4.74 Å². The molecule has 2 aromatic carbocycles. The molecule has 0 saturated carbocycles. The molecule has 118 valence electrons. The number of hydrogen-bond donors (Lipinski definition) is 0. The third-order valence-electron chi connectivity index (χ3n) is 3.53. The Morgan fingerprint density at radius 2 is 1.61 bits per heavy atom. The summed E-state index contributed by atoms with van der Waals surface area (Å²) in [4.78, 5) is 1.65. The van der Waals surface area contributed by atoms with Gasteiger partial charge in [0.15, 0.2) is 0 Å². The molecule has 0 radical (unpaired) electrons. The van der Waals surface area contributed by atoms with Crippen LogP contribution in [0.1, 0.15) is 25.3 Å². The number of rotatable bonds is 6. The van der Waals surface area contributed by atoms with Gasteiger partial charge in [-0.2, -0.15) is 4.80 Å². The summed E-state index contributed by atoms with van der Waals surface area (Å²) in [7, 11) is 0. The zero-order valence-corrected chi connectivity index (χ0v) is 13.4. The third-order valence-corrected chi connectivity index (χ3v) is 3.53. The van der Waals surface area contributed by atoms with Crippen molar-refractivity contribution in [3.63, 3.8) is 0 Å². The molecule has 0 saturated heterocycles. The molecule has 3 rings (SSSR count). The molecule has 1 heterocycles. The van der Waals surface area contributed by atoms with Crippen LogP contribution in [0.2, 0.25) is 0 Å². The van der Waals surface area contributed by atoms with Crippen molar-refractivity contribution in [2.24, 2.45) is 0 Å². The Morgan fingerprint density at radius 1 is 0.957 bits per heavy atom. The average molecular weight is 308 g/mol. The molecule has 0 aliphatic carbocycles. The van der Waals surface area contributed by atoms with Gasteiger partial charge in [0.2, 0.25) is 5.82 Å². The largest absolute Gasteiger partial charge is 0.457 e. The summed E-state index contributed by atoms with van der Waals surface area (Å²) in [5, 5.41) is 12.6. The van der Waals surface area contributed by atoms with E-state index in [1.165, 1.54) is 5.56 Å². The van der Waals surface area contributed by atoms with Gasteiger partial charge >= 0.3 is 0 Å². The van der Waals surface area contributed by atoms with Crippen molar-refractivity contribution in [1.29, 1.82) is 0 Å². The zero-order chi connectivity index (χ0) is 16.1. The molecular weight excluding hydrogens is 288 g/mol. The summed E-state index contributed by atoms with van der Waals surface area (Å²) >= 11 is 0. The Kier molecular flexibility index (Phi) is 4.66. The van der Waals surface area contributed by atoms with E-state index in [1.54, 1.807) is 4.80 Å². The Labute approximate surface area is 135 Å². The van der Waals surface area contributed by atoms with Gasteiger partial charge in [0.05, 0.1) is 6.54 Å². The van der Waals surface area contributed by atoms with Crippen LogP contribution in [0.4, 0.5) is 0 Å². The number of tetrazole rings is 1. The number of unbranched alkanes of at least 4 members (excludes halogenated alkanes) is 1. The number of aromatic nitrogens is 4. The van der Waals surface area contributed by atoms with Crippen LogP contribution >= 0.6 is 0 Å². The lowest BCUT2D eigenvalue weighted by atomic mass is 10.2. The number of benzene rings is 2. The summed E-state index contributed by atoms with van der Waals surface area (Å²) in [5.41, 5.74) is 2.15. The standard InChI is InChI=1S/C18H20N4O/c1-3-4-13-22-20-18(19-21-22)15-7-11-17(12-8-15)23-16-9-5-14(2)6-10-16/h5-12H,3-4,13H2,1-2H3. The second-order valence-corrected chi connectivity index (χ2v) is 5.50. The minimum absolute atomic E-state index is 0.642. The molecule has 5 nitrogen and oxygen atoms in total. The number of nitrogens with zero attached hydrogens (tertiary/aromatic N) is 4. The fourth-order valence-corrected chi connectivity index (χ4v) is 2.17. The van der Waals surface area contributed by atoms with Crippen LogP contribution in [-0.2, 0) is 6.54 Å². The quantitative estimate of drug-likeness (QED) is 0.683. The summed E-state index contributed by atoms with van der Waals surface area (Å²) in [6.45, 7) is 5.00. The lowest BCUT2D eigenvalue weighted by Crippen LogP contribution is -2.01. The van der Waals surface area contributed by atoms with E-state index in [1.807, 2.05) is 48.5 Å². The summed E-state index contributed by atoms with van der Waals surface area (Å²) in [5.74, 6) is 2.26. The highest BCUT2D eigenvalue weighted by atomic mass is 16.5. The lowest BCUT2D eigenvalue weighted by molar-refractivity contribution is 0.482. The van der Waals surface area contributed by atoms with E-state index in [9.17, 15) is 0 Å². The van der Waals surface area contributed by atoms with Gasteiger partial charge in [-0.1, -0.05) is 31.0 Å². The van der Waals surface area contributed by atoms with Gasteiger partial charge < -0.3 is 4.74 Å². The Bertz CT molecular complexity index is 747. The fraction of sp³-hybridized carbons (Fsp3) is 0.278. The topological polar surface area (TPSA) is 52.8 Å². The minimum atomic E-state index is 0.642. The van der Waals surface area contributed by atoms with E-state index >= 15 is 0 Å². The predicted octanol–water partition coefficient (Wildman–Crippen LogP) is 4.24. The Balaban J connectivity index is 1.69. The summed E-state index contributed by atoms with van der Waals surface area (Å²) in [6, 6.07) is 15.7. The highest BCUT2D eigenvalue weighted by Crippen LogP contribution is 2.24. The molecule has 0 aliphatic heterocycles. The number of hydrogen-bond acceptors (Lipinski definition) is 4. The number of aryl methyl sites for hydroxylation is 2. The first-order chi connectivity index (χ1) is 11.2. The van der Waals surface area contributed by atoms with Gasteiger partial charge in [-0.25, -0.2) is 0 Å². The molecular formula is C18H20N4O. The SMILES string of the molecule is CCCCn1nnc(-c2ccc(Oc3ccc(C)cc3)cc2)n1. The first-order valence-corrected chi connectivity index (χ1v) is 7.87. The molecule has 0 fully saturated rings. The fourth-order valence-electron chi connectivity index (χ4n) is 2.17. The third kappa shape index (κ3) is 3.94. The van der Waals surface area contributed by atoms with Crippen LogP contribution in [0.3, 0.4) is 0 Å². The van der Waals surface area contributed by atoms with Crippen molar-refractivity contribution in [3.05, 3.63) is 54.1 Å². The second kappa shape index (κ2) is 7.05. The maximum Gasteiger partial charge on any atom is 0.204 e. The van der Waals surface area contributed by atoms with Gasteiger partial charge in [-0.15, -0.1) is 10.2 Å². The van der Waals surface area contributed by atoms with Crippen LogP contribution in [-0.4, -0.2) is 20.2 Å². The van der Waals surface area contributed by atoms with Crippen LogP contribution in [0.25, 0.3) is 11.4 Å². The maximum absolute atomic E-state index is 5.82. The first-order valence-electron chi connectivity index (χ1n) is 7.87. The molecule has 0 bridgehead atoms. The van der Waals surface area contributed by atoms with Gasteiger partial charge in [0.1, 0.15) is 11.5 Å². The van der Waals surface area contributed by atoms with E-state index < -0.39 is 0 Å². The second-order valence-electron chi connectivity index (χ2n) is 5.50. The normalized spacial score (nSPS) is 10.7. The van der Waals surface area contributed by atoms with Gasteiger partial charge in [0.25, 0.3) is 0 Å². The molecule has 5 heteroatoms. The van der Waals surface area contributed by atoms with E-state index in [2.05, 4.69) is 29.3 Å². The van der Waals surface area contributed by atoms with Gasteiger partial charge in [0, 0.05) is 5.56 Å². The van der Waals surface area contributed by atoms with Crippen LogP contribution in [0.15, 0.2) is 48.5 Å². The van der Waals surface area contributed by atoms with E-state index in [-0.39, 0.29) is 0 Å². The molecule has 0 N–H and O–H groups in total. The molecule has 0 unspecified atom stereocenters. The summed E-state index contributed by atoms with van der Waals surface area (Å²) < 4.78 is 5.82. The maximum atomic E-state index is 5.82. The van der Waals surface area contributed by atoms with E-state index in [0.29, 0.717) is 5.82 Å². The van der Waals surface area contributed by atoms with Gasteiger partial charge in [-0.3, -0.25) is 0 Å². The van der Waals surface area contributed by atoms with Crippen molar-refractivity contribution in [3.8, 4) is 22.9 Å². The molecule has 23 heavy (non-hydrogen) atoms. The Hall–Kier alpha value is -2.69. The van der Waals surface area contributed by atoms with Gasteiger partial charge in [-0.05, 0) is 55.0 Å². The van der Waals surface area contributed by atoms with E-state index in [4.69, 9.17) is 4.74 Å². The van der Waals surface area contributed by atoms with E-state index in [0.717, 1.165) is 36.4 Å². The van der Waals surface area contributed by atoms with Crippen LogP contribution in [0.5, 0.6) is 11.5 Å². The van der Waals surface area contributed by atoms with Crippen LogP contribution in [0, 0.1) is 6.92 Å². The minimum Gasteiger partial charge on any atom is -0.457 e. The predicted molar refractivity (Wildman–Crippen MR) is 89.4 cm³/mol. The van der Waals surface area contributed by atoms with Crippen molar-refractivity contribution in [1.82, 2.24) is 20.2 Å². The van der Waals surface area contributed by atoms with Crippen molar-refractivity contribution in [2.45, 2.75) is 33.2 Å². The average Bonchev–Trinajstić information content (AvgIpc) is 3.05. The number of ether oxygens (including phenoxy) is 1. The Morgan fingerprint density at radius 3 is 2.26 bits per heavy atom. The lowest BCUT2D eigenvalue weighted by Gasteiger charge is -2.06. The first kappa shape index (κ1) is 15.2. The molecule has 3 aromatic rings. The van der Waals surface area contributed by atoms with Crippen molar-refractivity contribution >= 4 is 0 Å². The van der Waals surface area contributed by atoms with Crippen molar-refractivity contribution < 1.29 is 4.74 Å². The van der Waals surface area contributed by atoms with Crippen molar-refractivity contribution in [2.75, 3.05) is 0 Å². The smallest absolute Gasteiger partial charge is 0.204 e. The molecule has 1 aromatic heterocycles.